The lowest BCUT2D eigenvalue weighted by Crippen LogP contribution is -2.00. The van der Waals surface area contributed by atoms with E-state index in [4.69, 9.17) is 19.9 Å². The molecule has 0 saturated carbocycles. The lowest BCUT2D eigenvalue weighted by atomic mass is 10.0. The molecule has 202 valence electrons. The fraction of sp³-hybridized carbons (Fsp3) is 0. The van der Waals surface area contributed by atoms with Crippen LogP contribution in [0.15, 0.2) is 146 Å². The number of nitrogens with zero attached hydrogens (tertiary/aromatic N) is 4. The van der Waals surface area contributed by atoms with Gasteiger partial charge in [0.1, 0.15) is 5.01 Å². The first-order chi connectivity index (χ1) is 21.3. The van der Waals surface area contributed by atoms with Crippen LogP contribution in [0.4, 0.5) is 0 Å². The summed E-state index contributed by atoms with van der Waals surface area (Å²) in [5.41, 5.74) is 7.27. The van der Waals surface area contributed by atoms with Crippen molar-refractivity contribution in [1.82, 2.24) is 19.9 Å². The lowest BCUT2D eigenvalue weighted by Gasteiger charge is -2.10. The molecule has 0 bridgehead atoms. The Hall–Kier alpha value is -5.52. The number of fused-ring (bicyclic) bond motifs is 2. The topological polar surface area (TPSA) is 51.6 Å². The largest absolute Gasteiger partial charge is 0.236 e. The fourth-order valence-electron chi connectivity index (χ4n) is 5.41. The quantitative estimate of drug-likeness (QED) is 0.207. The summed E-state index contributed by atoms with van der Waals surface area (Å²) in [4.78, 5) is 19.9. The highest BCUT2D eigenvalue weighted by molar-refractivity contribution is 7.21. The molecule has 0 aliphatic carbocycles. The monoisotopic (exact) mass is 568 g/mol. The van der Waals surface area contributed by atoms with E-state index < -0.39 is 0 Å². The van der Waals surface area contributed by atoms with Gasteiger partial charge in [0.05, 0.1) is 10.2 Å². The van der Waals surface area contributed by atoms with Gasteiger partial charge in [0, 0.05) is 22.3 Å². The van der Waals surface area contributed by atoms with Gasteiger partial charge >= 0.3 is 0 Å². The van der Waals surface area contributed by atoms with Gasteiger partial charge < -0.3 is 0 Å². The fourth-order valence-corrected chi connectivity index (χ4v) is 6.41. The number of hydrogen-bond donors (Lipinski definition) is 0. The zero-order chi connectivity index (χ0) is 28.6. The third-order valence-electron chi connectivity index (χ3n) is 7.56. The van der Waals surface area contributed by atoms with Gasteiger partial charge in [-0.05, 0) is 40.1 Å². The second-order valence-electron chi connectivity index (χ2n) is 10.3. The Morgan fingerprint density at radius 2 is 1.02 bits per heavy atom. The van der Waals surface area contributed by atoms with Gasteiger partial charge in [0.15, 0.2) is 17.5 Å². The molecule has 0 spiro atoms. The summed E-state index contributed by atoms with van der Waals surface area (Å²) >= 11 is 1.70. The summed E-state index contributed by atoms with van der Waals surface area (Å²) in [6.45, 7) is 0. The molecule has 2 aromatic heterocycles. The lowest BCUT2D eigenvalue weighted by molar-refractivity contribution is 1.08. The molecule has 0 saturated heterocycles. The third kappa shape index (κ3) is 4.86. The second-order valence-corrected chi connectivity index (χ2v) is 11.4. The molecular weight excluding hydrogens is 545 g/mol. The minimum atomic E-state index is 0.631. The van der Waals surface area contributed by atoms with Crippen LogP contribution in [0.3, 0.4) is 0 Å². The number of hydrogen-bond acceptors (Lipinski definition) is 5. The first-order valence-corrected chi connectivity index (χ1v) is 15.0. The van der Waals surface area contributed by atoms with E-state index in [9.17, 15) is 0 Å². The van der Waals surface area contributed by atoms with E-state index in [2.05, 4.69) is 109 Å². The minimum absolute atomic E-state index is 0.631. The van der Waals surface area contributed by atoms with Gasteiger partial charge in [-0.2, -0.15) is 0 Å². The van der Waals surface area contributed by atoms with E-state index in [1.807, 2.05) is 36.4 Å². The zero-order valence-corrected chi connectivity index (χ0v) is 23.9. The molecule has 0 amide bonds. The molecule has 0 aliphatic heterocycles. The summed E-state index contributed by atoms with van der Waals surface area (Å²) in [6.07, 6.45) is 0. The van der Waals surface area contributed by atoms with Crippen LogP contribution >= 0.6 is 11.3 Å². The summed E-state index contributed by atoms with van der Waals surface area (Å²) in [6, 6.07) is 49.9. The Morgan fingerprint density at radius 1 is 0.395 bits per heavy atom. The number of rotatable bonds is 5. The third-order valence-corrected chi connectivity index (χ3v) is 8.63. The first kappa shape index (κ1) is 25.2. The van der Waals surface area contributed by atoms with E-state index in [-0.39, 0.29) is 0 Å². The zero-order valence-electron chi connectivity index (χ0n) is 23.1. The molecule has 0 aliphatic rings. The molecule has 0 unspecified atom stereocenters. The SMILES string of the molecule is c1ccc(-c2ccc3nc(-c4cccc(-c5nc(-c6ccccc6)nc(-c6cccc7ccccc67)n5)c4)sc3c2)cc1. The van der Waals surface area contributed by atoms with Crippen LogP contribution in [0, 0.1) is 0 Å². The van der Waals surface area contributed by atoms with Crippen molar-refractivity contribution >= 4 is 32.3 Å². The molecule has 0 atom stereocenters. The van der Waals surface area contributed by atoms with Crippen LogP contribution in [0.1, 0.15) is 0 Å². The van der Waals surface area contributed by atoms with Gasteiger partial charge in [-0.3, -0.25) is 0 Å². The van der Waals surface area contributed by atoms with Crippen LogP contribution in [-0.2, 0) is 0 Å². The molecule has 2 heterocycles. The van der Waals surface area contributed by atoms with Crippen molar-refractivity contribution < 1.29 is 0 Å². The predicted molar refractivity (Wildman–Crippen MR) is 178 cm³/mol. The van der Waals surface area contributed by atoms with Crippen molar-refractivity contribution in [2.45, 2.75) is 0 Å². The highest BCUT2D eigenvalue weighted by atomic mass is 32.1. The van der Waals surface area contributed by atoms with Gasteiger partial charge in [-0.15, -0.1) is 11.3 Å². The van der Waals surface area contributed by atoms with Crippen molar-refractivity contribution in [3.05, 3.63) is 146 Å². The highest BCUT2D eigenvalue weighted by Gasteiger charge is 2.15. The van der Waals surface area contributed by atoms with Crippen molar-refractivity contribution in [2.75, 3.05) is 0 Å². The van der Waals surface area contributed by atoms with Crippen molar-refractivity contribution in [3.63, 3.8) is 0 Å². The van der Waals surface area contributed by atoms with Crippen LogP contribution < -0.4 is 0 Å². The normalized spacial score (nSPS) is 11.3. The van der Waals surface area contributed by atoms with E-state index in [0.29, 0.717) is 17.5 Å². The first-order valence-electron chi connectivity index (χ1n) is 14.1. The summed E-state index contributed by atoms with van der Waals surface area (Å²) in [5.74, 6) is 1.93. The van der Waals surface area contributed by atoms with E-state index >= 15 is 0 Å². The van der Waals surface area contributed by atoms with E-state index in [1.165, 1.54) is 11.1 Å². The molecule has 0 fully saturated rings. The Bertz CT molecular complexity index is 2240. The average molecular weight is 569 g/mol. The van der Waals surface area contributed by atoms with Crippen LogP contribution in [0.2, 0.25) is 0 Å². The molecule has 43 heavy (non-hydrogen) atoms. The van der Waals surface area contributed by atoms with Gasteiger partial charge in [-0.1, -0.05) is 127 Å². The van der Waals surface area contributed by atoms with Crippen molar-refractivity contribution in [1.29, 1.82) is 0 Å². The smallest absolute Gasteiger partial charge is 0.164 e. The maximum Gasteiger partial charge on any atom is 0.164 e. The van der Waals surface area contributed by atoms with Gasteiger partial charge in [-0.25, -0.2) is 19.9 Å². The summed E-state index contributed by atoms with van der Waals surface area (Å²) < 4.78 is 1.16. The molecule has 0 N–H and O–H groups in total. The number of thiazole rings is 1. The number of aromatic nitrogens is 4. The van der Waals surface area contributed by atoms with Crippen LogP contribution in [0.25, 0.3) is 76.9 Å². The highest BCUT2D eigenvalue weighted by Crippen LogP contribution is 2.35. The Balaban J connectivity index is 1.24. The van der Waals surface area contributed by atoms with Crippen LogP contribution in [0.5, 0.6) is 0 Å². The molecular formula is C38H24N4S. The summed E-state index contributed by atoms with van der Waals surface area (Å²) in [7, 11) is 0. The molecule has 5 heteroatoms. The van der Waals surface area contributed by atoms with E-state index in [1.54, 1.807) is 11.3 Å². The Morgan fingerprint density at radius 3 is 1.86 bits per heavy atom. The van der Waals surface area contributed by atoms with E-state index in [0.717, 1.165) is 48.3 Å². The molecule has 6 aromatic carbocycles. The minimum Gasteiger partial charge on any atom is -0.236 e. The molecule has 4 nitrogen and oxygen atoms in total. The standard InChI is InChI=1S/C38H24N4S/c1-3-11-25(12-4-1)28-21-22-33-34(24-28)43-38(39-33)30-18-9-17-29(23-30)36-40-35(27-14-5-2-6-15-27)41-37(42-36)32-20-10-16-26-13-7-8-19-31(26)32/h1-24H. The van der Waals surface area contributed by atoms with Crippen molar-refractivity contribution in [3.8, 4) is 55.9 Å². The van der Waals surface area contributed by atoms with Gasteiger partial charge in [0.2, 0.25) is 0 Å². The molecule has 0 radical (unpaired) electrons. The number of benzene rings is 6. The Kier molecular flexibility index (Phi) is 6.28. The van der Waals surface area contributed by atoms with Crippen molar-refractivity contribution in [2.24, 2.45) is 0 Å². The van der Waals surface area contributed by atoms with Gasteiger partial charge in [0.25, 0.3) is 0 Å². The molecule has 8 aromatic rings. The average Bonchev–Trinajstić information content (AvgIpc) is 3.52. The molecule has 8 rings (SSSR count). The maximum atomic E-state index is 5.03. The predicted octanol–water partition coefficient (Wildman–Crippen LogP) is 9.97. The Labute approximate surface area is 253 Å². The second kappa shape index (κ2) is 10.7. The maximum absolute atomic E-state index is 5.03. The summed E-state index contributed by atoms with van der Waals surface area (Å²) in [5, 5.41) is 3.23. The van der Waals surface area contributed by atoms with Crippen LogP contribution in [-0.4, -0.2) is 19.9 Å².